The first-order valence-electron chi connectivity index (χ1n) is 7.00. The molecule has 1 aromatic rings. The fourth-order valence-corrected chi connectivity index (χ4v) is 3.42. The van der Waals surface area contributed by atoms with Crippen LogP contribution in [0.15, 0.2) is 30.4 Å². The van der Waals surface area contributed by atoms with E-state index < -0.39 is 11.6 Å². The zero-order chi connectivity index (χ0) is 13.4. The van der Waals surface area contributed by atoms with Crippen LogP contribution in [0.2, 0.25) is 0 Å². The summed E-state index contributed by atoms with van der Waals surface area (Å²) in [6.45, 7) is 2.84. The van der Waals surface area contributed by atoms with Crippen LogP contribution in [0, 0.1) is 29.4 Å². The highest BCUT2D eigenvalue weighted by Crippen LogP contribution is 2.43. The van der Waals surface area contributed by atoms with Gasteiger partial charge in [0.2, 0.25) is 0 Å². The van der Waals surface area contributed by atoms with Crippen LogP contribution in [0.5, 0.6) is 0 Å². The van der Waals surface area contributed by atoms with Crippen molar-refractivity contribution in [3.05, 3.63) is 47.5 Å². The first-order valence-corrected chi connectivity index (χ1v) is 7.00. The Balaban J connectivity index is 1.59. The van der Waals surface area contributed by atoms with Gasteiger partial charge in [0.25, 0.3) is 0 Å². The van der Waals surface area contributed by atoms with E-state index in [0.29, 0.717) is 17.4 Å². The molecule has 0 radical (unpaired) electrons. The van der Waals surface area contributed by atoms with Gasteiger partial charge >= 0.3 is 0 Å². The molecule has 1 fully saturated rings. The Hall–Kier alpha value is -1.22. The van der Waals surface area contributed by atoms with Gasteiger partial charge in [-0.2, -0.15) is 0 Å². The van der Waals surface area contributed by atoms with Gasteiger partial charge < -0.3 is 5.32 Å². The second-order valence-corrected chi connectivity index (χ2v) is 5.84. The van der Waals surface area contributed by atoms with Crippen LogP contribution in [0.25, 0.3) is 0 Å². The molecular weight excluding hydrogens is 244 g/mol. The molecule has 0 spiro atoms. The number of allylic oxidation sites excluding steroid dienone is 2. The predicted octanol–water partition coefficient (Wildman–Crippen LogP) is 3.83. The molecule has 0 saturated heterocycles. The number of fused-ring (bicyclic) bond motifs is 2. The summed E-state index contributed by atoms with van der Waals surface area (Å²) >= 11 is 0. The average Bonchev–Trinajstić information content (AvgIpc) is 2.98. The molecule has 102 valence electrons. The number of hydrogen-bond donors (Lipinski definition) is 1. The van der Waals surface area contributed by atoms with E-state index in [1.165, 1.54) is 25.0 Å². The second kappa shape index (κ2) is 5.04. The van der Waals surface area contributed by atoms with Gasteiger partial charge in [0.1, 0.15) is 11.6 Å². The minimum absolute atomic E-state index is 0.0799. The van der Waals surface area contributed by atoms with Crippen LogP contribution in [-0.2, 0) is 0 Å². The normalized spacial score (nSPS) is 29.9. The molecule has 0 aliphatic heterocycles. The highest BCUT2D eigenvalue weighted by Gasteiger charge is 2.35. The zero-order valence-electron chi connectivity index (χ0n) is 11.1. The number of rotatable bonds is 4. The van der Waals surface area contributed by atoms with E-state index in [-0.39, 0.29) is 6.04 Å². The minimum atomic E-state index is -0.522. The van der Waals surface area contributed by atoms with Crippen molar-refractivity contribution < 1.29 is 8.78 Å². The van der Waals surface area contributed by atoms with E-state index in [1.807, 2.05) is 6.92 Å². The van der Waals surface area contributed by atoms with Gasteiger partial charge in [-0.25, -0.2) is 8.78 Å². The molecule has 4 atom stereocenters. The summed E-state index contributed by atoms with van der Waals surface area (Å²) in [7, 11) is 0. The van der Waals surface area contributed by atoms with Crippen molar-refractivity contribution in [2.24, 2.45) is 17.8 Å². The molecule has 0 amide bonds. The lowest BCUT2D eigenvalue weighted by Gasteiger charge is -2.22. The SMILES string of the molecule is CC(NCC1CC2C=CC1C2)c1ccc(F)cc1F. The van der Waals surface area contributed by atoms with Crippen LogP contribution >= 0.6 is 0 Å². The molecule has 0 aromatic heterocycles. The largest absolute Gasteiger partial charge is 0.310 e. The maximum Gasteiger partial charge on any atom is 0.130 e. The molecule has 2 aliphatic rings. The van der Waals surface area contributed by atoms with E-state index in [1.54, 1.807) is 0 Å². The molecule has 0 heterocycles. The zero-order valence-corrected chi connectivity index (χ0v) is 11.1. The van der Waals surface area contributed by atoms with Crippen molar-refractivity contribution >= 4 is 0 Å². The molecule has 2 aliphatic carbocycles. The molecule has 19 heavy (non-hydrogen) atoms. The monoisotopic (exact) mass is 263 g/mol. The highest BCUT2D eigenvalue weighted by atomic mass is 19.1. The van der Waals surface area contributed by atoms with Gasteiger partial charge in [0, 0.05) is 17.7 Å². The predicted molar refractivity (Wildman–Crippen MR) is 71.6 cm³/mol. The van der Waals surface area contributed by atoms with Gasteiger partial charge in [-0.1, -0.05) is 18.2 Å². The lowest BCUT2D eigenvalue weighted by atomic mass is 9.93. The Kier molecular flexibility index (Phi) is 3.40. The quantitative estimate of drug-likeness (QED) is 0.814. The summed E-state index contributed by atoms with van der Waals surface area (Å²) in [5.41, 5.74) is 0.542. The fraction of sp³-hybridized carbons (Fsp3) is 0.500. The molecule has 1 nitrogen and oxygen atoms in total. The van der Waals surface area contributed by atoms with Crippen molar-refractivity contribution in [1.29, 1.82) is 0 Å². The number of hydrogen-bond acceptors (Lipinski definition) is 1. The Labute approximate surface area is 112 Å². The molecule has 1 aromatic carbocycles. The van der Waals surface area contributed by atoms with Gasteiger partial charge in [-0.15, -0.1) is 0 Å². The molecule has 1 saturated carbocycles. The van der Waals surface area contributed by atoms with Crippen molar-refractivity contribution in [2.45, 2.75) is 25.8 Å². The summed E-state index contributed by atoms with van der Waals surface area (Å²) in [5, 5.41) is 3.39. The first-order chi connectivity index (χ1) is 9.13. The standard InChI is InChI=1S/C16H19F2N/c1-10(15-5-4-14(17)8-16(15)18)19-9-13-7-11-2-3-12(13)6-11/h2-5,8,10-13,19H,6-7,9H2,1H3. The third kappa shape index (κ3) is 2.57. The molecule has 3 heteroatoms. The second-order valence-electron chi connectivity index (χ2n) is 5.84. The summed E-state index contributed by atoms with van der Waals surface area (Å²) in [6, 6.07) is 3.72. The maximum atomic E-state index is 13.7. The third-order valence-electron chi connectivity index (χ3n) is 4.53. The van der Waals surface area contributed by atoms with Crippen molar-refractivity contribution in [3.63, 3.8) is 0 Å². The smallest absolute Gasteiger partial charge is 0.130 e. The molecular formula is C16H19F2N. The summed E-state index contributed by atoms with van der Waals surface area (Å²) < 4.78 is 26.5. The third-order valence-corrected chi connectivity index (χ3v) is 4.53. The topological polar surface area (TPSA) is 12.0 Å². The minimum Gasteiger partial charge on any atom is -0.310 e. The van der Waals surface area contributed by atoms with E-state index in [0.717, 1.165) is 18.5 Å². The van der Waals surface area contributed by atoms with Crippen LogP contribution < -0.4 is 5.32 Å². The molecule has 4 unspecified atom stereocenters. The number of nitrogens with one attached hydrogen (secondary N) is 1. The first kappa shape index (κ1) is 12.8. The van der Waals surface area contributed by atoms with E-state index in [9.17, 15) is 8.78 Å². The molecule has 3 rings (SSSR count). The van der Waals surface area contributed by atoms with Crippen LogP contribution in [0.4, 0.5) is 8.78 Å². The summed E-state index contributed by atoms with van der Waals surface area (Å²) in [4.78, 5) is 0. The number of halogens is 2. The van der Waals surface area contributed by atoms with Crippen LogP contribution in [-0.4, -0.2) is 6.54 Å². The van der Waals surface area contributed by atoms with Gasteiger partial charge in [0.15, 0.2) is 0 Å². The lowest BCUT2D eigenvalue weighted by molar-refractivity contribution is 0.388. The van der Waals surface area contributed by atoms with E-state index in [4.69, 9.17) is 0 Å². The van der Waals surface area contributed by atoms with Crippen molar-refractivity contribution in [3.8, 4) is 0 Å². The van der Waals surface area contributed by atoms with Crippen molar-refractivity contribution in [2.75, 3.05) is 6.54 Å². The number of benzene rings is 1. The van der Waals surface area contributed by atoms with Gasteiger partial charge in [0.05, 0.1) is 0 Å². The van der Waals surface area contributed by atoms with Gasteiger partial charge in [-0.05, 0) is 50.1 Å². The van der Waals surface area contributed by atoms with E-state index >= 15 is 0 Å². The van der Waals surface area contributed by atoms with E-state index in [2.05, 4.69) is 17.5 Å². The Morgan fingerprint density at radius 1 is 1.26 bits per heavy atom. The lowest BCUT2D eigenvalue weighted by Crippen LogP contribution is -2.28. The maximum absolute atomic E-state index is 13.7. The Morgan fingerprint density at radius 2 is 2.11 bits per heavy atom. The molecule has 2 bridgehead atoms. The van der Waals surface area contributed by atoms with Crippen LogP contribution in [0.1, 0.15) is 31.4 Å². The summed E-state index contributed by atoms with van der Waals surface area (Å²) in [5.74, 6) is 1.14. The highest BCUT2D eigenvalue weighted by molar-refractivity contribution is 5.21. The van der Waals surface area contributed by atoms with Crippen LogP contribution in [0.3, 0.4) is 0 Å². The van der Waals surface area contributed by atoms with Crippen molar-refractivity contribution in [1.82, 2.24) is 5.32 Å². The molecule has 1 N–H and O–H groups in total. The average molecular weight is 263 g/mol. The fourth-order valence-electron chi connectivity index (χ4n) is 3.42. The Morgan fingerprint density at radius 3 is 2.74 bits per heavy atom. The van der Waals surface area contributed by atoms with Gasteiger partial charge in [-0.3, -0.25) is 0 Å². The summed E-state index contributed by atoms with van der Waals surface area (Å²) in [6.07, 6.45) is 7.17. The Bertz CT molecular complexity index is 498.